The Bertz CT molecular complexity index is 532. The minimum Gasteiger partial charge on any atom is -0.693 e. The van der Waals surface area contributed by atoms with Crippen LogP contribution in [-0.4, -0.2) is 25.5 Å². The molecule has 0 aliphatic carbocycles. The van der Waals surface area contributed by atoms with Crippen LogP contribution in [0.25, 0.3) is 12.2 Å². The van der Waals surface area contributed by atoms with Crippen molar-refractivity contribution in [2.45, 2.75) is 6.42 Å². The van der Waals surface area contributed by atoms with Gasteiger partial charge in [0.05, 0.1) is 18.7 Å². The van der Waals surface area contributed by atoms with Crippen LogP contribution in [0.4, 0.5) is 5.69 Å². The predicted octanol–water partition coefficient (Wildman–Crippen LogP) is 1.65. The monoisotopic (exact) mass is 403 g/mol. The molecule has 0 spiro atoms. The number of hydrogen-bond acceptors (Lipinski definition) is 3. The average Bonchev–Trinajstić information content (AvgIpc) is 2.48. The third-order valence-corrected chi connectivity index (χ3v) is 2.73. The molecule has 0 bridgehead atoms. The molecule has 0 unspecified atom stereocenters. The van der Waals surface area contributed by atoms with Gasteiger partial charge in [0, 0.05) is 54.4 Å². The molecule has 1 aliphatic rings. The minimum atomic E-state index is -0.509. The van der Waals surface area contributed by atoms with E-state index in [9.17, 15) is 9.59 Å². The molecule has 1 aliphatic heterocycles. The molecule has 1 aromatic carbocycles. The summed E-state index contributed by atoms with van der Waals surface area (Å²) in [4.78, 5) is 23.9. The Kier molecular flexibility index (Phi) is 7.93. The summed E-state index contributed by atoms with van der Waals surface area (Å²) >= 11 is 0. The summed E-state index contributed by atoms with van der Waals surface area (Å²) in [6, 6.07) is 5.38. The summed E-state index contributed by atoms with van der Waals surface area (Å²) in [5.74, 6) is 0.162. The number of hydrogen-bond donors (Lipinski definition) is 1. The van der Waals surface area contributed by atoms with E-state index in [1.54, 1.807) is 30.2 Å². The van der Waals surface area contributed by atoms with E-state index in [1.165, 1.54) is 6.08 Å². The second kappa shape index (κ2) is 8.34. The van der Waals surface area contributed by atoms with E-state index < -0.39 is 5.91 Å². The van der Waals surface area contributed by atoms with Crippen molar-refractivity contribution in [1.82, 2.24) is 0 Å². The number of carbonyl (C=O) groups excluding carboxylic acids is 2. The van der Waals surface area contributed by atoms with E-state index in [4.69, 9.17) is 10.5 Å². The molecular weight excluding hydrogens is 387 g/mol. The van der Waals surface area contributed by atoms with Gasteiger partial charge in [0.1, 0.15) is 5.75 Å². The topological polar surface area (TPSA) is 106 Å². The smallest absolute Gasteiger partial charge is 0.241 e. The van der Waals surface area contributed by atoms with Crippen LogP contribution in [-0.2, 0) is 9.59 Å². The Morgan fingerprint density at radius 1 is 1.45 bits per heavy atom. The van der Waals surface area contributed by atoms with Crippen LogP contribution in [0, 0.1) is 41.3 Å². The first-order valence-electron chi connectivity index (χ1n) is 5.59. The van der Waals surface area contributed by atoms with Gasteiger partial charge >= 0.3 is 0 Å². The molecule has 20 heavy (non-hydrogen) atoms. The molecule has 0 aromatic heterocycles. The third kappa shape index (κ3) is 4.54. The standard InChI is InChI=1S/C13H14N2O3.H2N.Pr/c1-15-10-8-9(3-5-12(14)16)2-4-11(10)18-7-6-13(15)17;;/h2-5,8H,6-7H2,1H3,(H2,14,16);1H2;/q;-1;/b5-3+;;. The van der Waals surface area contributed by atoms with Crippen molar-refractivity contribution in [1.29, 1.82) is 0 Å². The number of anilines is 1. The first-order valence-corrected chi connectivity index (χ1v) is 5.59. The van der Waals surface area contributed by atoms with Gasteiger partial charge in [-0.3, -0.25) is 9.59 Å². The van der Waals surface area contributed by atoms with Crippen LogP contribution < -0.4 is 15.4 Å². The van der Waals surface area contributed by atoms with Gasteiger partial charge in [-0.05, 0) is 23.8 Å². The van der Waals surface area contributed by atoms with Gasteiger partial charge in [-0.15, -0.1) is 0 Å². The summed E-state index contributed by atoms with van der Waals surface area (Å²) in [7, 11) is 1.71. The Hall–Kier alpha value is -0.976. The van der Waals surface area contributed by atoms with E-state index in [2.05, 4.69) is 0 Å². The molecule has 1 heterocycles. The number of fused-ring (bicyclic) bond motifs is 1. The fourth-order valence-corrected chi connectivity index (χ4v) is 1.75. The molecule has 0 fully saturated rings. The van der Waals surface area contributed by atoms with Crippen LogP contribution in [0.5, 0.6) is 5.75 Å². The fraction of sp³-hybridized carbons (Fsp3) is 0.231. The van der Waals surface area contributed by atoms with Gasteiger partial charge in [0.15, 0.2) is 0 Å². The molecule has 0 saturated carbocycles. The summed E-state index contributed by atoms with van der Waals surface area (Å²) in [5, 5.41) is 0. The number of primary amides is 1. The summed E-state index contributed by atoms with van der Waals surface area (Å²) < 4.78 is 5.49. The predicted molar refractivity (Wildman–Crippen MR) is 73.5 cm³/mol. The zero-order valence-corrected chi connectivity index (χ0v) is 14.9. The second-order valence-electron chi connectivity index (χ2n) is 4.01. The zero-order valence-electron chi connectivity index (χ0n) is 11.2. The quantitative estimate of drug-likeness (QED) is 0.759. The van der Waals surface area contributed by atoms with E-state index in [0.29, 0.717) is 24.5 Å². The van der Waals surface area contributed by atoms with E-state index >= 15 is 0 Å². The van der Waals surface area contributed by atoms with Crippen molar-refractivity contribution in [2.24, 2.45) is 5.73 Å². The molecule has 6 nitrogen and oxygen atoms in total. The Morgan fingerprint density at radius 3 is 2.80 bits per heavy atom. The van der Waals surface area contributed by atoms with Crippen molar-refractivity contribution >= 4 is 23.6 Å². The number of rotatable bonds is 2. The fourth-order valence-electron chi connectivity index (χ4n) is 1.75. The molecule has 2 rings (SSSR count). The normalized spacial score (nSPS) is 13.7. The maximum atomic E-state index is 11.7. The molecular formula is C13H16N3O3Pr-. The number of benzene rings is 1. The molecule has 7 heteroatoms. The van der Waals surface area contributed by atoms with E-state index in [0.717, 1.165) is 5.56 Å². The zero-order chi connectivity index (χ0) is 13.1. The molecule has 105 valence electrons. The Morgan fingerprint density at radius 2 is 2.15 bits per heavy atom. The second-order valence-corrected chi connectivity index (χ2v) is 4.01. The van der Waals surface area contributed by atoms with Gasteiger partial charge < -0.3 is 21.5 Å². The largest absolute Gasteiger partial charge is 0.693 e. The summed E-state index contributed by atoms with van der Waals surface area (Å²) in [6.45, 7) is 0.382. The van der Waals surface area contributed by atoms with Crippen LogP contribution in [0.2, 0.25) is 0 Å². The SMILES string of the molecule is CN1C(=O)CCOc2ccc(/C=C/C(N)=O)cc21.[NH2-].[Pr]. The van der Waals surface area contributed by atoms with Gasteiger partial charge in [-0.2, -0.15) is 0 Å². The maximum Gasteiger partial charge on any atom is 0.241 e. The van der Waals surface area contributed by atoms with Crippen molar-refractivity contribution in [3.63, 3.8) is 0 Å². The van der Waals surface area contributed by atoms with Crippen LogP contribution in [0.1, 0.15) is 12.0 Å². The molecule has 1 radical (unpaired) electrons. The maximum absolute atomic E-state index is 11.7. The van der Waals surface area contributed by atoms with Crippen LogP contribution in [0.3, 0.4) is 0 Å². The number of carbonyl (C=O) groups is 2. The minimum absolute atomic E-state index is 0. The van der Waals surface area contributed by atoms with Crippen molar-refractivity contribution in [3.8, 4) is 5.75 Å². The first kappa shape index (κ1) is 19.0. The number of nitrogens with two attached hydrogens (primary N) is 2. The van der Waals surface area contributed by atoms with Gasteiger partial charge in [0.2, 0.25) is 11.8 Å². The Labute approximate surface area is 150 Å². The summed E-state index contributed by atoms with van der Waals surface area (Å²) in [5.41, 5.74) is 6.53. The molecule has 4 N–H and O–H groups in total. The van der Waals surface area contributed by atoms with Gasteiger partial charge in [0.25, 0.3) is 0 Å². The molecule has 1 aromatic rings. The first-order chi connectivity index (χ1) is 8.58. The van der Waals surface area contributed by atoms with Crippen molar-refractivity contribution in [2.75, 3.05) is 18.6 Å². The Balaban J connectivity index is 0.00000180. The van der Waals surface area contributed by atoms with E-state index in [1.807, 2.05) is 6.07 Å². The molecule has 2 amide bonds. The van der Waals surface area contributed by atoms with Crippen molar-refractivity contribution < 1.29 is 55.6 Å². The van der Waals surface area contributed by atoms with Gasteiger partial charge in [-0.25, -0.2) is 0 Å². The average molecular weight is 403 g/mol. The van der Waals surface area contributed by atoms with Gasteiger partial charge in [-0.1, -0.05) is 6.07 Å². The number of amides is 2. The summed E-state index contributed by atoms with van der Waals surface area (Å²) in [6.07, 6.45) is 3.24. The third-order valence-electron chi connectivity index (χ3n) is 2.73. The van der Waals surface area contributed by atoms with Crippen molar-refractivity contribution in [3.05, 3.63) is 36.0 Å². The molecule has 0 atom stereocenters. The van der Waals surface area contributed by atoms with Crippen LogP contribution in [0.15, 0.2) is 24.3 Å². The molecule has 0 saturated heterocycles. The van der Waals surface area contributed by atoms with Crippen LogP contribution >= 0.6 is 0 Å². The number of ether oxygens (including phenoxy) is 1. The van der Waals surface area contributed by atoms with E-state index in [-0.39, 0.29) is 53.3 Å². The number of nitrogens with zero attached hydrogens (tertiary/aromatic N) is 1.